The molecule has 32 heavy (non-hydrogen) atoms. The first-order chi connectivity index (χ1) is 14.9. The van der Waals surface area contributed by atoms with Crippen molar-refractivity contribution in [1.29, 1.82) is 0 Å². The maximum atomic E-state index is 11.9. The Labute approximate surface area is 191 Å². The summed E-state index contributed by atoms with van der Waals surface area (Å²) in [7, 11) is -10.1. The van der Waals surface area contributed by atoms with E-state index >= 15 is 0 Å². The molecular formula is C12H11NO14S5. The Balaban J connectivity index is 2.64. The van der Waals surface area contributed by atoms with Gasteiger partial charge in [0.25, 0.3) is 20.2 Å². The molecule has 0 unspecified atom stereocenters. The Bertz CT molecular complexity index is 1210. The Morgan fingerprint density at radius 2 is 1.56 bits per heavy atom. The molecule has 178 valence electrons. The van der Waals surface area contributed by atoms with Crippen molar-refractivity contribution in [2.45, 2.75) is 19.6 Å². The number of nitrogens with two attached hydrogens (primary N) is 1. The molecule has 0 aliphatic heterocycles. The van der Waals surface area contributed by atoms with Gasteiger partial charge in [0.05, 0.1) is 39.6 Å². The lowest BCUT2D eigenvalue weighted by molar-refractivity contribution is -0.432. The third kappa shape index (κ3) is 6.80. The summed E-state index contributed by atoms with van der Waals surface area (Å²) in [6.45, 7) is 0. The van der Waals surface area contributed by atoms with E-state index in [2.05, 4.69) is 18.7 Å². The van der Waals surface area contributed by atoms with Crippen molar-refractivity contribution in [1.82, 2.24) is 0 Å². The first-order valence-corrected chi connectivity index (χ1v) is 12.6. The zero-order chi connectivity index (χ0) is 24.1. The van der Waals surface area contributed by atoms with Crippen LogP contribution < -0.4 is 5.73 Å². The number of rotatable bonds is 11. The van der Waals surface area contributed by atoms with E-state index in [4.69, 9.17) is 20.4 Å². The molecule has 2 aromatic carbocycles. The molecule has 0 fully saturated rings. The molecule has 0 atom stereocenters. The number of fused-ring (bicyclic) bond motifs is 1. The third-order valence-corrected chi connectivity index (χ3v) is 7.25. The van der Waals surface area contributed by atoms with E-state index in [9.17, 15) is 30.7 Å². The molecule has 0 amide bonds. The first-order valence-electron chi connectivity index (χ1n) is 7.37. The fourth-order valence-electron chi connectivity index (χ4n) is 2.25. The minimum absolute atomic E-state index is 0.000656. The normalized spacial score (nSPS) is 12.2. The van der Waals surface area contributed by atoms with Crippen molar-refractivity contribution < 1.29 is 64.2 Å². The SMILES string of the molecule is Nc1c(S(=O)(=O)O)cc2cc(SOOO)c(SOC(=O)CSOOO)cc2c1S(=O)(=O)O. The smallest absolute Gasteiger partial charge is 0.330 e. The van der Waals surface area contributed by atoms with Crippen molar-refractivity contribution in [3.8, 4) is 0 Å². The maximum Gasteiger partial charge on any atom is 0.330 e. The summed E-state index contributed by atoms with van der Waals surface area (Å²) in [6, 6.07) is 2.97. The van der Waals surface area contributed by atoms with Crippen molar-refractivity contribution in [3.05, 3.63) is 18.2 Å². The lowest BCUT2D eigenvalue weighted by Gasteiger charge is -2.14. The van der Waals surface area contributed by atoms with Gasteiger partial charge >= 0.3 is 5.97 Å². The van der Waals surface area contributed by atoms with E-state index in [1.807, 2.05) is 0 Å². The minimum atomic E-state index is -5.11. The molecule has 2 rings (SSSR count). The van der Waals surface area contributed by atoms with Gasteiger partial charge in [-0.05, 0) is 23.6 Å². The van der Waals surface area contributed by atoms with E-state index < -0.39 is 47.4 Å². The number of nitrogen functional groups attached to an aromatic ring is 1. The van der Waals surface area contributed by atoms with E-state index in [0.29, 0.717) is 36.1 Å². The molecular weight excluding hydrogens is 542 g/mol. The standard InChI is InChI=1S/C12H11NO14S5/c13-11-9(31(17,18)19)2-5-1-7(30-27-25-16)8(3-6(5)12(11)32(20,21)22)29-23-10(14)4-28-26-24-15/h1-3,15-16H,4,13H2,(H,17,18,19)(H,20,21,22). The molecule has 6 N–H and O–H groups in total. The Hall–Kier alpha value is -1.40. The molecule has 2 aromatic rings. The molecule has 0 bridgehead atoms. The third-order valence-electron chi connectivity index (χ3n) is 3.33. The molecule has 0 heterocycles. The van der Waals surface area contributed by atoms with Gasteiger partial charge in [-0.25, -0.2) is 10.5 Å². The van der Waals surface area contributed by atoms with Gasteiger partial charge in [-0.1, -0.05) is 10.1 Å². The van der Waals surface area contributed by atoms with E-state index in [-0.39, 0.29) is 20.6 Å². The monoisotopic (exact) mass is 553 g/mol. The van der Waals surface area contributed by atoms with Gasteiger partial charge in [0.1, 0.15) is 15.5 Å². The summed E-state index contributed by atoms with van der Waals surface area (Å²) in [5, 5.41) is 22.7. The van der Waals surface area contributed by atoms with E-state index in [1.54, 1.807) is 0 Å². The fraction of sp³-hybridized carbons (Fsp3) is 0.0833. The van der Waals surface area contributed by atoms with Gasteiger partial charge in [0, 0.05) is 17.4 Å². The number of anilines is 1. The molecule has 20 heteroatoms. The molecule has 15 nitrogen and oxygen atoms in total. The Kier molecular flexibility index (Phi) is 9.35. The second kappa shape index (κ2) is 11.1. The largest absolute Gasteiger partial charge is 0.396 e. The Morgan fingerprint density at radius 1 is 0.938 bits per heavy atom. The minimum Gasteiger partial charge on any atom is -0.396 e. The van der Waals surface area contributed by atoms with Crippen LogP contribution >= 0.6 is 36.1 Å². The van der Waals surface area contributed by atoms with E-state index in [1.165, 1.54) is 0 Å². The lowest BCUT2D eigenvalue weighted by atomic mass is 10.1. The van der Waals surface area contributed by atoms with Gasteiger partial charge in [-0.3, -0.25) is 13.9 Å². The van der Waals surface area contributed by atoms with Crippen LogP contribution in [0.15, 0.2) is 37.8 Å². The number of carbonyl (C=O) groups is 1. The highest BCUT2D eigenvalue weighted by Gasteiger charge is 2.27. The molecule has 0 saturated carbocycles. The number of hydrogen-bond acceptors (Lipinski definition) is 16. The predicted molar refractivity (Wildman–Crippen MR) is 108 cm³/mol. The molecule has 0 aliphatic rings. The van der Waals surface area contributed by atoms with E-state index in [0.717, 1.165) is 18.2 Å². The van der Waals surface area contributed by atoms with Crippen LogP contribution in [-0.2, 0) is 48.0 Å². The number of carbonyl (C=O) groups excluding carboxylic acids is 1. The van der Waals surface area contributed by atoms with Crippen LogP contribution in [0.4, 0.5) is 5.69 Å². The molecule has 0 radical (unpaired) electrons. The zero-order valence-electron chi connectivity index (χ0n) is 14.9. The second-order valence-corrected chi connectivity index (χ2v) is 10.2. The summed E-state index contributed by atoms with van der Waals surface area (Å²) in [6.07, 6.45) is 0. The first kappa shape index (κ1) is 26.8. The average Bonchev–Trinajstić information content (AvgIpc) is 2.68. The number of benzene rings is 2. The van der Waals surface area contributed by atoms with Gasteiger partial charge in [0.2, 0.25) is 0 Å². The van der Waals surface area contributed by atoms with Crippen LogP contribution in [0.25, 0.3) is 10.8 Å². The van der Waals surface area contributed by atoms with Crippen LogP contribution in [0.5, 0.6) is 0 Å². The molecule has 0 saturated heterocycles. The topological polar surface area (TPSA) is 238 Å². The van der Waals surface area contributed by atoms with Crippen LogP contribution in [-0.4, -0.2) is 48.2 Å². The highest BCUT2D eigenvalue weighted by molar-refractivity contribution is 7.98. The van der Waals surface area contributed by atoms with Gasteiger partial charge in [-0.15, -0.1) is 8.67 Å². The van der Waals surface area contributed by atoms with Crippen LogP contribution in [0.2, 0.25) is 0 Å². The summed E-state index contributed by atoms with van der Waals surface area (Å²) in [4.78, 5) is 9.61. The van der Waals surface area contributed by atoms with Crippen LogP contribution in [0.3, 0.4) is 0 Å². The maximum absolute atomic E-state index is 11.9. The highest BCUT2D eigenvalue weighted by Crippen LogP contribution is 2.41. The summed E-state index contributed by atoms with van der Waals surface area (Å²) < 4.78 is 79.1. The molecule has 0 aliphatic carbocycles. The van der Waals surface area contributed by atoms with Crippen molar-refractivity contribution in [2.24, 2.45) is 0 Å². The van der Waals surface area contributed by atoms with Crippen LogP contribution in [0, 0.1) is 0 Å². The van der Waals surface area contributed by atoms with Gasteiger partial charge in [-0.2, -0.15) is 16.8 Å². The zero-order valence-corrected chi connectivity index (χ0v) is 19.0. The second-order valence-electron chi connectivity index (χ2n) is 5.26. The van der Waals surface area contributed by atoms with Gasteiger partial charge in [0.15, 0.2) is 0 Å². The summed E-state index contributed by atoms with van der Waals surface area (Å²) in [5.41, 5.74) is 4.62. The summed E-state index contributed by atoms with van der Waals surface area (Å²) in [5.74, 6) is -1.34. The molecule has 0 aromatic heterocycles. The van der Waals surface area contributed by atoms with Crippen molar-refractivity contribution >= 4 is 78.8 Å². The number of hydrogen-bond donors (Lipinski definition) is 5. The highest BCUT2D eigenvalue weighted by atomic mass is 32.2. The van der Waals surface area contributed by atoms with Gasteiger partial charge < -0.3 is 9.92 Å². The predicted octanol–water partition coefficient (Wildman–Crippen LogP) is 1.96. The van der Waals surface area contributed by atoms with Crippen molar-refractivity contribution in [3.63, 3.8) is 0 Å². The molecule has 0 spiro atoms. The van der Waals surface area contributed by atoms with Crippen molar-refractivity contribution in [2.75, 3.05) is 11.5 Å². The average molecular weight is 554 g/mol. The Morgan fingerprint density at radius 3 is 2.12 bits per heavy atom. The lowest BCUT2D eigenvalue weighted by Crippen LogP contribution is -2.10. The summed E-state index contributed by atoms with van der Waals surface area (Å²) >= 11 is 1.09. The quantitative estimate of drug-likeness (QED) is 0.0667. The van der Waals surface area contributed by atoms with Crippen LogP contribution in [0.1, 0.15) is 0 Å². The fourth-order valence-corrected chi connectivity index (χ4v) is 5.31.